The Morgan fingerprint density at radius 2 is 1.81 bits per heavy atom. The number of amides is 1. The van der Waals surface area contributed by atoms with Crippen LogP contribution in [0.5, 0.6) is 5.75 Å². The monoisotopic (exact) mass is 362 g/mol. The van der Waals surface area contributed by atoms with Crippen LogP contribution in [0.25, 0.3) is 10.9 Å². The molecule has 1 amide bonds. The van der Waals surface area contributed by atoms with Gasteiger partial charge in [-0.3, -0.25) is 9.59 Å². The van der Waals surface area contributed by atoms with Crippen molar-refractivity contribution in [1.82, 2.24) is 4.98 Å². The largest absolute Gasteiger partial charge is 0.573 e. The third-order valence-corrected chi connectivity index (χ3v) is 3.65. The van der Waals surface area contributed by atoms with E-state index >= 15 is 0 Å². The van der Waals surface area contributed by atoms with Crippen LogP contribution in [-0.2, 0) is 4.79 Å². The second kappa shape index (κ2) is 6.55. The van der Waals surface area contributed by atoms with E-state index in [0.717, 1.165) is 12.1 Å². The zero-order valence-corrected chi connectivity index (χ0v) is 13.5. The minimum Gasteiger partial charge on any atom is -0.406 e. The molecular weight excluding hydrogens is 349 g/mol. The molecule has 0 saturated heterocycles. The molecule has 0 atom stereocenters. The van der Waals surface area contributed by atoms with E-state index in [0.29, 0.717) is 16.6 Å². The number of ether oxygens (including phenoxy) is 1. The number of carbonyl (C=O) groups is 2. The van der Waals surface area contributed by atoms with E-state index in [-0.39, 0.29) is 11.3 Å². The van der Waals surface area contributed by atoms with Crippen molar-refractivity contribution >= 4 is 28.3 Å². The first-order chi connectivity index (χ1) is 12.2. The number of carbonyl (C=O) groups excluding carboxylic acids is 2. The number of Topliss-reactive ketones (excluding diaryl/α,β-unsaturated/α-hetero) is 1. The van der Waals surface area contributed by atoms with Crippen molar-refractivity contribution in [1.29, 1.82) is 0 Å². The number of hydrogen-bond donors (Lipinski definition) is 2. The number of nitrogens with one attached hydrogen (secondary N) is 2. The normalized spacial score (nSPS) is 11.4. The fourth-order valence-electron chi connectivity index (χ4n) is 2.64. The van der Waals surface area contributed by atoms with Gasteiger partial charge in [0.25, 0.3) is 11.7 Å². The summed E-state index contributed by atoms with van der Waals surface area (Å²) in [6.07, 6.45) is -4.85. The summed E-state index contributed by atoms with van der Waals surface area (Å²) in [6.45, 7) is 1.66. The molecule has 134 valence electrons. The Hall–Kier alpha value is -3.29. The first kappa shape index (κ1) is 17.5. The Balaban J connectivity index is 1.83. The van der Waals surface area contributed by atoms with Gasteiger partial charge in [-0.1, -0.05) is 24.3 Å². The number of ketones is 1. The fourth-order valence-corrected chi connectivity index (χ4v) is 2.64. The lowest BCUT2D eigenvalue weighted by atomic mass is 10.1. The highest BCUT2D eigenvalue weighted by atomic mass is 19.4. The molecule has 1 aromatic heterocycles. The molecule has 2 N–H and O–H groups in total. The van der Waals surface area contributed by atoms with Gasteiger partial charge in [-0.15, -0.1) is 13.2 Å². The van der Waals surface area contributed by atoms with Crippen molar-refractivity contribution in [3.63, 3.8) is 0 Å². The standard InChI is InChI=1S/C18H13F3N2O3/c1-10-15(13-7-2-3-8-14(13)22-10)16(24)17(25)23-11-5-4-6-12(9-11)26-18(19,20)21/h2-9,22H,1H3,(H,23,25). The molecule has 2 aromatic carbocycles. The van der Waals surface area contributed by atoms with Crippen molar-refractivity contribution in [2.75, 3.05) is 5.32 Å². The lowest BCUT2D eigenvalue weighted by molar-refractivity contribution is -0.274. The quantitative estimate of drug-likeness (QED) is 0.540. The van der Waals surface area contributed by atoms with Crippen molar-refractivity contribution in [3.8, 4) is 5.75 Å². The fraction of sp³-hybridized carbons (Fsp3) is 0.111. The van der Waals surface area contributed by atoms with E-state index in [2.05, 4.69) is 15.0 Å². The van der Waals surface area contributed by atoms with Gasteiger partial charge < -0.3 is 15.0 Å². The van der Waals surface area contributed by atoms with Gasteiger partial charge in [0.15, 0.2) is 0 Å². The third-order valence-electron chi connectivity index (χ3n) is 3.65. The molecule has 3 aromatic rings. The molecule has 8 heteroatoms. The molecule has 0 spiro atoms. The molecule has 0 aliphatic carbocycles. The summed E-state index contributed by atoms with van der Waals surface area (Å²) in [5.41, 5.74) is 1.48. The van der Waals surface area contributed by atoms with Crippen molar-refractivity contribution in [3.05, 3.63) is 59.8 Å². The number of rotatable bonds is 4. The maximum Gasteiger partial charge on any atom is 0.573 e. The zero-order valence-electron chi connectivity index (χ0n) is 13.5. The number of anilines is 1. The third kappa shape index (κ3) is 3.69. The SMILES string of the molecule is Cc1[nH]c2ccccc2c1C(=O)C(=O)Nc1cccc(OC(F)(F)F)c1. The van der Waals surface area contributed by atoms with Gasteiger partial charge in [-0.25, -0.2) is 0 Å². The number of benzene rings is 2. The zero-order chi connectivity index (χ0) is 18.9. The van der Waals surface area contributed by atoms with E-state index in [1.54, 1.807) is 31.2 Å². The topological polar surface area (TPSA) is 71.2 Å². The molecule has 0 fully saturated rings. The van der Waals surface area contributed by atoms with Gasteiger partial charge in [0, 0.05) is 28.4 Å². The van der Waals surface area contributed by atoms with Crippen LogP contribution in [0.1, 0.15) is 16.1 Å². The summed E-state index contributed by atoms with van der Waals surface area (Å²) in [4.78, 5) is 27.8. The Morgan fingerprint density at radius 3 is 2.54 bits per heavy atom. The lowest BCUT2D eigenvalue weighted by Crippen LogP contribution is -2.23. The predicted molar refractivity (Wildman–Crippen MR) is 89.1 cm³/mol. The summed E-state index contributed by atoms with van der Waals surface area (Å²) in [6, 6.07) is 11.7. The molecule has 1 heterocycles. The Kier molecular flexibility index (Phi) is 4.41. The second-order valence-electron chi connectivity index (χ2n) is 5.53. The molecule has 0 aliphatic rings. The highest BCUT2D eigenvalue weighted by Gasteiger charge is 2.31. The number of halogens is 3. The Labute approximate surface area is 145 Å². The van der Waals surface area contributed by atoms with E-state index in [9.17, 15) is 22.8 Å². The molecule has 0 radical (unpaired) electrons. The van der Waals surface area contributed by atoms with Gasteiger partial charge in [0.2, 0.25) is 0 Å². The minimum absolute atomic E-state index is 0.0163. The van der Waals surface area contributed by atoms with Gasteiger partial charge in [-0.05, 0) is 25.1 Å². The summed E-state index contributed by atoms with van der Waals surface area (Å²) in [5.74, 6) is -2.24. The number of fused-ring (bicyclic) bond motifs is 1. The predicted octanol–water partition coefficient (Wildman–Crippen LogP) is 4.20. The number of para-hydroxylation sites is 1. The van der Waals surface area contributed by atoms with Crippen LogP contribution in [0, 0.1) is 6.92 Å². The summed E-state index contributed by atoms with van der Waals surface area (Å²) in [5, 5.41) is 2.89. The van der Waals surface area contributed by atoms with E-state index < -0.39 is 23.8 Å². The molecular formula is C18H13F3N2O3. The number of alkyl halides is 3. The van der Waals surface area contributed by atoms with Gasteiger partial charge in [0.1, 0.15) is 5.75 Å². The Bertz CT molecular complexity index is 993. The number of H-pyrrole nitrogens is 1. The maximum absolute atomic E-state index is 12.5. The lowest BCUT2D eigenvalue weighted by Gasteiger charge is -2.10. The molecule has 3 rings (SSSR count). The number of aryl methyl sites for hydroxylation is 1. The number of hydrogen-bond acceptors (Lipinski definition) is 3. The summed E-state index contributed by atoms with van der Waals surface area (Å²) >= 11 is 0. The van der Waals surface area contributed by atoms with E-state index in [1.165, 1.54) is 12.1 Å². The van der Waals surface area contributed by atoms with Crippen LogP contribution in [0.3, 0.4) is 0 Å². The highest BCUT2D eigenvalue weighted by Crippen LogP contribution is 2.26. The summed E-state index contributed by atoms with van der Waals surface area (Å²) in [7, 11) is 0. The number of aromatic nitrogens is 1. The maximum atomic E-state index is 12.5. The van der Waals surface area contributed by atoms with Crippen LogP contribution in [0.4, 0.5) is 18.9 Å². The van der Waals surface area contributed by atoms with E-state index in [1.807, 2.05) is 0 Å². The molecule has 0 unspecified atom stereocenters. The van der Waals surface area contributed by atoms with Crippen molar-refractivity contribution < 1.29 is 27.5 Å². The minimum atomic E-state index is -4.85. The molecule has 0 saturated carbocycles. The van der Waals surface area contributed by atoms with Crippen molar-refractivity contribution in [2.45, 2.75) is 13.3 Å². The van der Waals surface area contributed by atoms with Crippen LogP contribution >= 0.6 is 0 Å². The van der Waals surface area contributed by atoms with Gasteiger partial charge >= 0.3 is 6.36 Å². The molecule has 26 heavy (non-hydrogen) atoms. The molecule has 0 bridgehead atoms. The highest BCUT2D eigenvalue weighted by molar-refractivity contribution is 6.48. The van der Waals surface area contributed by atoms with E-state index in [4.69, 9.17) is 0 Å². The second-order valence-corrected chi connectivity index (χ2v) is 5.53. The van der Waals surface area contributed by atoms with Crippen LogP contribution in [0.15, 0.2) is 48.5 Å². The average molecular weight is 362 g/mol. The van der Waals surface area contributed by atoms with Crippen LogP contribution in [0.2, 0.25) is 0 Å². The Morgan fingerprint density at radius 1 is 1.08 bits per heavy atom. The first-order valence-electron chi connectivity index (χ1n) is 7.53. The molecule has 5 nitrogen and oxygen atoms in total. The van der Waals surface area contributed by atoms with Gasteiger partial charge in [-0.2, -0.15) is 0 Å². The summed E-state index contributed by atoms with van der Waals surface area (Å²) < 4.78 is 40.6. The first-order valence-corrected chi connectivity index (χ1v) is 7.53. The number of aromatic amines is 1. The van der Waals surface area contributed by atoms with Gasteiger partial charge in [0.05, 0.1) is 5.56 Å². The smallest absolute Gasteiger partial charge is 0.406 e. The van der Waals surface area contributed by atoms with Crippen molar-refractivity contribution in [2.24, 2.45) is 0 Å². The average Bonchev–Trinajstić information content (AvgIpc) is 2.88. The van der Waals surface area contributed by atoms with Crippen LogP contribution < -0.4 is 10.1 Å². The molecule has 0 aliphatic heterocycles. The van der Waals surface area contributed by atoms with Crippen LogP contribution in [-0.4, -0.2) is 23.0 Å².